The number of non-ortho nitro benzene ring substituents is 1. The van der Waals surface area contributed by atoms with E-state index < -0.39 is 4.92 Å². The molecule has 1 amide bonds. The quantitative estimate of drug-likeness (QED) is 0.647. The summed E-state index contributed by atoms with van der Waals surface area (Å²) in [4.78, 5) is 26.5. The highest BCUT2D eigenvalue weighted by Gasteiger charge is 2.38. The van der Waals surface area contributed by atoms with Crippen molar-refractivity contribution in [3.63, 3.8) is 0 Å². The number of anilines is 1. The van der Waals surface area contributed by atoms with Crippen molar-refractivity contribution >= 4 is 29.0 Å². The molecule has 6 nitrogen and oxygen atoms in total. The van der Waals surface area contributed by atoms with Crippen molar-refractivity contribution in [1.29, 1.82) is 0 Å². The topological polar surface area (TPSA) is 75.5 Å². The summed E-state index contributed by atoms with van der Waals surface area (Å²) >= 11 is 1.53. The first-order valence-corrected chi connectivity index (χ1v) is 7.57. The fraction of sp³-hybridized carbons (Fsp3) is 0.133. The zero-order valence-electron chi connectivity index (χ0n) is 11.4. The van der Waals surface area contributed by atoms with E-state index in [1.54, 1.807) is 17.0 Å². The van der Waals surface area contributed by atoms with Crippen LogP contribution in [0.25, 0.3) is 0 Å². The fourth-order valence-corrected chi connectivity index (χ4v) is 3.92. The van der Waals surface area contributed by atoms with Gasteiger partial charge >= 0.3 is 0 Å². The normalized spacial score (nSPS) is 19.2. The van der Waals surface area contributed by atoms with Gasteiger partial charge in [-0.15, -0.1) is 0 Å². The maximum atomic E-state index is 12.3. The molecule has 0 aromatic heterocycles. The van der Waals surface area contributed by atoms with Crippen LogP contribution < -0.4 is 10.2 Å². The Morgan fingerprint density at radius 1 is 1.23 bits per heavy atom. The summed E-state index contributed by atoms with van der Waals surface area (Å²) in [6.45, 7) is 0.228. The highest BCUT2D eigenvalue weighted by atomic mass is 32.2. The second-order valence-electron chi connectivity index (χ2n) is 5.10. The molecule has 0 spiro atoms. The Labute approximate surface area is 130 Å². The van der Waals surface area contributed by atoms with Gasteiger partial charge in [-0.25, -0.2) is 0 Å². The van der Waals surface area contributed by atoms with E-state index in [9.17, 15) is 14.9 Å². The summed E-state index contributed by atoms with van der Waals surface area (Å²) in [5, 5.41) is 14.2. The predicted octanol–water partition coefficient (Wildman–Crippen LogP) is 2.69. The predicted molar refractivity (Wildman–Crippen MR) is 81.9 cm³/mol. The number of amides is 1. The lowest BCUT2D eigenvalue weighted by Gasteiger charge is -2.23. The van der Waals surface area contributed by atoms with Crippen molar-refractivity contribution in [2.45, 2.75) is 16.0 Å². The Balaban J connectivity index is 1.94. The summed E-state index contributed by atoms with van der Waals surface area (Å²) in [7, 11) is 0. The van der Waals surface area contributed by atoms with Gasteiger partial charge < -0.3 is 0 Å². The Morgan fingerprint density at radius 2 is 2.05 bits per heavy atom. The van der Waals surface area contributed by atoms with E-state index in [-0.39, 0.29) is 24.3 Å². The van der Waals surface area contributed by atoms with Crippen molar-refractivity contribution in [2.75, 3.05) is 11.4 Å². The van der Waals surface area contributed by atoms with Crippen LogP contribution in [0.5, 0.6) is 0 Å². The van der Waals surface area contributed by atoms with Gasteiger partial charge in [0.25, 0.3) is 5.69 Å². The number of benzene rings is 2. The van der Waals surface area contributed by atoms with Crippen LogP contribution in [0.3, 0.4) is 0 Å². The van der Waals surface area contributed by atoms with Crippen molar-refractivity contribution in [1.82, 2.24) is 5.32 Å². The Kier molecular flexibility index (Phi) is 2.91. The molecule has 1 N–H and O–H groups in total. The molecule has 0 aliphatic carbocycles. The number of carbonyl (C=O) groups is 1. The zero-order chi connectivity index (χ0) is 15.3. The van der Waals surface area contributed by atoms with Gasteiger partial charge in [-0.1, -0.05) is 23.9 Å². The van der Waals surface area contributed by atoms with E-state index in [0.717, 1.165) is 21.0 Å². The van der Waals surface area contributed by atoms with Crippen LogP contribution in [0.1, 0.15) is 11.7 Å². The van der Waals surface area contributed by atoms with E-state index in [1.165, 1.54) is 17.8 Å². The van der Waals surface area contributed by atoms with E-state index in [1.807, 2.05) is 24.3 Å². The van der Waals surface area contributed by atoms with Crippen LogP contribution in [0.15, 0.2) is 52.3 Å². The number of nitrogens with zero attached hydrogens (tertiary/aromatic N) is 2. The Hall–Kier alpha value is -2.38. The number of nitro groups is 1. The first-order valence-electron chi connectivity index (χ1n) is 6.76. The summed E-state index contributed by atoms with van der Waals surface area (Å²) in [5.74, 6) is -0.0302. The molecule has 2 heterocycles. The second-order valence-corrected chi connectivity index (χ2v) is 6.18. The SMILES string of the molecule is O=C1CNC2c3cc([N+](=O)[O-])ccc3Sc3ccccc3N12. The summed E-state index contributed by atoms with van der Waals surface area (Å²) in [6.07, 6.45) is -0.362. The van der Waals surface area contributed by atoms with Crippen LogP contribution >= 0.6 is 11.8 Å². The average Bonchev–Trinajstić information content (AvgIpc) is 2.83. The number of hydrogen-bond acceptors (Lipinski definition) is 5. The van der Waals surface area contributed by atoms with Crippen LogP contribution in [0.2, 0.25) is 0 Å². The third-order valence-corrected chi connectivity index (χ3v) is 4.97. The summed E-state index contributed by atoms with van der Waals surface area (Å²) in [5.41, 5.74) is 1.64. The number of nitrogens with one attached hydrogen (secondary N) is 1. The number of rotatable bonds is 1. The summed E-state index contributed by atoms with van der Waals surface area (Å²) in [6, 6.07) is 12.5. The van der Waals surface area contributed by atoms with Crippen molar-refractivity contribution < 1.29 is 9.72 Å². The van der Waals surface area contributed by atoms with Gasteiger partial charge in [0.2, 0.25) is 5.91 Å². The van der Waals surface area contributed by atoms with Gasteiger partial charge in [0, 0.05) is 27.5 Å². The molecule has 1 saturated heterocycles. The van der Waals surface area contributed by atoms with E-state index in [2.05, 4.69) is 5.32 Å². The molecule has 2 aliphatic rings. The maximum absolute atomic E-state index is 12.3. The standard InChI is InChI=1S/C15H11N3O3S/c19-14-8-16-15-10-7-9(18(20)21)5-6-12(10)22-13-4-2-1-3-11(13)17(14)15/h1-7,15-16H,8H2. The third kappa shape index (κ3) is 1.90. The molecule has 0 radical (unpaired) electrons. The molecule has 1 unspecified atom stereocenters. The molecule has 7 heteroatoms. The van der Waals surface area contributed by atoms with Gasteiger partial charge in [-0.05, 0) is 18.2 Å². The van der Waals surface area contributed by atoms with E-state index >= 15 is 0 Å². The molecule has 0 bridgehead atoms. The Morgan fingerprint density at radius 3 is 2.86 bits per heavy atom. The number of nitro benzene ring substituents is 1. The monoisotopic (exact) mass is 313 g/mol. The molecule has 22 heavy (non-hydrogen) atoms. The smallest absolute Gasteiger partial charge is 0.269 e. The summed E-state index contributed by atoms with van der Waals surface area (Å²) < 4.78 is 0. The van der Waals surface area contributed by atoms with Gasteiger partial charge in [0.1, 0.15) is 6.17 Å². The lowest BCUT2D eigenvalue weighted by atomic mass is 10.1. The Bertz CT molecular complexity index is 808. The molecular formula is C15H11N3O3S. The van der Waals surface area contributed by atoms with Gasteiger partial charge in [-0.3, -0.25) is 25.1 Å². The van der Waals surface area contributed by atoms with Crippen LogP contribution in [-0.2, 0) is 4.79 Å². The molecule has 2 aromatic carbocycles. The van der Waals surface area contributed by atoms with Crippen molar-refractivity contribution in [3.05, 3.63) is 58.1 Å². The molecule has 0 saturated carbocycles. The minimum absolute atomic E-state index is 0.0302. The third-order valence-electron chi connectivity index (χ3n) is 3.82. The molecule has 110 valence electrons. The van der Waals surface area contributed by atoms with Gasteiger partial charge in [0.15, 0.2) is 0 Å². The van der Waals surface area contributed by atoms with E-state index in [0.29, 0.717) is 0 Å². The number of para-hydroxylation sites is 1. The molecule has 1 fully saturated rings. The minimum atomic E-state index is -0.413. The lowest BCUT2D eigenvalue weighted by molar-refractivity contribution is -0.385. The van der Waals surface area contributed by atoms with Crippen molar-refractivity contribution in [3.8, 4) is 0 Å². The minimum Gasteiger partial charge on any atom is -0.290 e. The number of fused-ring (bicyclic) bond motifs is 5. The highest BCUT2D eigenvalue weighted by Crippen LogP contribution is 2.46. The molecule has 1 atom stereocenters. The van der Waals surface area contributed by atoms with Gasteiger partial charge in [0.05, 0.1) is 17.2 Å². The van der Waals surface area contributed by atoms with Crippen LogP contribution in [0.4, 0.5) is 11.4 Å². The lowest BCUT2D eigenvalue weighted by Crippen LogP contribution is -2.29. The highest BCUT2D eigenvalue weighted by molar-refractivity contribution is 7.99. The maximum Gasteiger partial charge on any atom is 0.269 e. The zero-order valence-corrected chi connectivity index (χ0v) is 12.2. The van der Waals surface area contributed by atoms with E-state index in [4.69, 9.17) is 0 Å². The fourth-order valence-electron chi connectivity index (χ4n) is 2.84. The molecule has 2 aromatic rings. The number of hydrogen-bond donors (Lipinski definition) is 1. The average molecular weight is 313 g/mol. The first-order chi connectivity index (χ1) is 10.6. The van der Waals surface area contributed by atoms with Gasteiger partial charge in [-0.2, -0.15) is 0 Å². The molecule has 2 aliphatic heterocycles. The first kappa shape index (κ1) is 13.3. The van der Waals surface area contributed by atoms with Crippen LogP contribution in [0, 0.1) is 10.1 Å². The van der Waals surface area contributed by atoms with Crippen molar-refractivity contribution in [2.24, 2.45) is 0 Å². The number of carbonyl (C=O) groups excluding carboxylic acids is 1. The molecular weight excluding hydrogens is 302 g/mol. The van der Waals surface area contributed by atoms with Crippen LogP contribution in [-0.4, -0.2) is 17.4 Å². The molecule has 4 rings (SSSR count). The largest absolute Gasteiger partial charge is 0.290 e. The second kappa shape index (κ2) is 4.82.